The van der Waals surface area contributed by atoms with E-state index < -0.39 is 34.7 Å². The van der Waals surface area contributed by atoms with Gasteiger partial charge in [-0.2, -0.15) is 0 Å². The summed E-state index contributed by atoms with van der Waals surface area (Å²) in [6.45, 7) is 0. The summed E-state index contributed by atoms with van der Waals surface area (Å²) in [7, 11) is 0. The van der Waals surface area contributed by atoms with Crippen LogP contribution in [-0.4, -0.2) is 11.8 Å². The SMILES string of the molecule is NC(=O)C1(C2CC2)C=CC(F)=C(C(=O)Nc2ccc(F)c(F)c2)C1. The van der Waals surface area contributed by atoms with Gasteiger partial charge in [-0.1, -0.05) is 6.08 Å². The van der Waals surface area contributed by atoms with E-state index >= 15 is 0 Å². The smallest absolute Gasteiger partial charge is 0.254 e. The van der Waals surface area contributed by atoms with Crippen molar-refractivity contribution in [2.24, 2.45) is 17.1 Å². The van der Waals surface area contributed by atoms with E-state index in [2.05, 4.69) is 5.32 Å². The van der Waals surface area contributed by atoms with Crippen molar-refractivity contribution in [2.45, 2.75) is 19.3 Å². The lowest BCUT2D eigenvalue weighted by atomic mass is 9.73. The largest absolute Gasteiger partial charge is 0.369 e. The molecule has 0 bridgehead atoms. The zero-order chi connectivity index (χ0) is 17.5. The molecule has 24 heavy (non-hydrogen) atoms. The number of nitrogens with one attached hydrogen (secondary N) is 1. The zero-order valence-corrected chi connectivity index (χ0v) is 12.6. The molecular weight excluding hydrogens is 321 g/mol. The molecule has 0 aromatic heterocycles. The molecule has 0 spiro atoms. The van der Waals surface area contributed by atoms with E-state index in [-0.39, 0.29) is 23.6 Å². The van der Waals surface area contributed by atoms with Gasteiger partial charge in [-0.25, -0.2) is 13.2 Å². The lowest BCUT2D eigenvalue weighted by molar-refractivity contribution is -0.126. The summed E-state index contributed by atoms with van der Waals surface area (Å²) in [5.74, 6) is -4.38. The Labute approximate surface area is 136 Å². The summed E-state index contributed by atoms with van der Waals surface area (Å²) in [6, 6.07) is 2.82. The van der Waals surface area contributed by atoms with E-state index in [4.69, 9.17) is 5.73 Å². The third-order valence-electron chi connectivity index (χ3n) is 4.50. The van der Waals surface area contributed by atoms with Crippen LogP contribution in [0.15, 0.2) is 41.8 Å². The van der Waals surface area contributed by atoms with Crippen LogP contribution >= 0.6 is 0 Å². The Morgan fingerprint density at radius 2 is 1.88 bits per heavy atom. The molecule has 0 saturated heterocycles. The maximum Gasteiger partial charge on any atom is 0.254 e. The van der Waals surface area contributed by atoms with Crippen LogP contribution in [-0.2, 0) is 9.59 Å². The minimum Gasteiger partial charge on any atom is -0.369 e. The van der Waals surface area contributed by atoms with E-state index in [0.29, 0.717) is 0 Å². The Kier molecular flexibility index (Phi) is 3.95. The molecule has 0 aliphatic heterocycles. The molecule has 2 aliphatic carbocycles. The van der Waals surface area contributed by atoms with Crippen LogP contribution in [0.25, 0.3) is 0 Å². The second-order valence-electron chi connectivity index (χ2n) is 6.10. The van der Waals surface area contributed by atoms with Crippen molar-refractivity contribution in [3.63, 3.8) is 0 Å². The van der Waals surface area contributed by atoms with Gasteiger partial charge in [0, 0.05) is 11.8 Å². The monoisotopic (exact) mass is 336 g/mol. The third-order valence-corrected chi connectivity index (χ3v) is 4.50. The molecule has 1 aromatic carbocycles. The number of carbonyl (C=O) groups is 2. The van der Waals surface area contributed by atoms with Crippen molar-refractivity contribution in [3.8, 4) is 0 Å². The minimum absolute atomic E-state index is 0.00887. The summed E-state index contributed by atoms with van der Waals surface area (Å²) >= 11 is 0. The van der Waals surface area contributed by atoms with Crippen molar-refractivity contribution in [3.05, 3.63) is 53.4 Å². The average molecular weight is 336 g/mol. The number of anilines is 1. The Hall–Kier alpha value is -2.57. The summed E-state index contributed by atoms with van der Waals surface area (Å²) in [6.07, 6.45) is 3.92. The molecule has 1 unspecified atom stereocenters. The first-order valence-electron chi connectivity index (χ1n) is 7.47. The lowest BCUT2D eigenvalue weighted by Crippen LogP contribution is -2.40. The molecule has 7 heteroatoms. The predicted octanol–water partition coefficient (Wildman–Crippen LogP) is 2.97. The molecule has 126 valence electrons. The van der Waals surface area contributed by atoms with Crippen LogP contribution in [0.3, 0.4) is 0 Å². The molecule has 0 radical (unpaired) electrons. The summed E-state index contributed by atoms with van der Waals surface area (Å²) in [5.41, 5.74) is 4.17. The van der Waals surface area contributed by atoms with Gasteiger partial charge in [-0.3, -0.25) is 9.59 Å². The Bertz CT molecular complexity index is 784. The van der Waals surface area contributed by atoms with E-state index in [1.54, 1.807) is 0 Å². The van der Waals surface area contributed by atoms with Crippen LogP contribution in [0.1, 0.15) is 19.3 Å². The normalized spacial score (nSPS) is 23.3. The van der Waals surface area contributed by atoms with Crippen molar-refractivity contribution in [1.82, 2.24) is 0 Å². The maximum absolute atomic E-state index is 14.1. The molecule has 3 rings (SSSR count). The van der Waals surface area contributed by atoms with Crippen LogP contribution < -0.4 is 11.1 Å². The van der Waals surface area contributed by atoms with E-state index in [1.165, 1.54) is 6.08 Å². The van der Waals surface area contributed by atoms with Crippen LogP contribution in [0.5, 0.6) is 0 Å². The zero-order valence-electron chi connectivity index (χ0n) is 12.6. The summed E-state index contributed by atoms with van der Waals surface area (Å²) < 4.78 is 40.2. The Morgan fingerprint density at radius 1 is 1.17 bits per heavy atom. The number of allylic oxidation sites excluding steroid dienone is 2. The molecular formula is C17H15F3N2O2. The Morgan fingerprint density at radius 3 is 2.46 bits per heavy atom. The first kappa shape index (κ1) is 16.3. The fourth-order valence-electron chi connectivity index (χ4n) is 2.98. The fourth-order valence-corrected chi connectivity index (χ4v) is 2.98. The third kappa shape index (κ3) is 2.81. The number of benzene rings is 1. The minimum atomic E-state index is -1.13. The number of rotatable bonds is 4. The quantitative estimate of drug-likeness (QED) is 0.887. The second kappa shape index (κ2) is 5.81. The van der Waals surface area contributed by atoms with Gasteiger partial charge in [-0.15, -0.1) is 0 Å². The highest BCUT2D eigenvalue weighted by Gasteiger charge is 2.50. The predicted molar refractivity (Wildman–Crippen MR) is 81.2 cm³/mol. The topological polar surface area (TPSA) is 72.2 Å². The van der Waals surface area contributed by atoms with Gasteiger partial charge in [0.1, 0.15) is 5.83 Å². The summed E-state index contributed by atoms with van der Waals surface area (Å²) in [5, 5.41) is 2.32. The van der Waals surface area contributed by atoms with Gasteiger partial charge in [0.15, 0.2) is 11.6 Å². The highest BCUT2D eigenvalue weighted by atomic mass is 19.2. The standard InChI is InChI=1S/C17H15F3N2O2/c18-12-5-6-17(16(21)24,9-1-2-9)8-11(12)15(23)22-10-3-4-13(19)14(20)7-10/h3-7,9H,1-2,8H2,(H2,21,24)(H,22,23). The molecule has 2 aliphatic rings. The highest BCUT2D eigenvalue weighted by molar-refractivity contribution is 6.05. The van der Waals surface area contributed by atoms with Crippen molar-refractivity contribution < 1.29 is 22.8 Å². The summed E-state index contributed by atoms with van der Waals surface area (Å²) in [4.78, 5) is 24.2. The highest BCUT2D eigenvalue weighted by Crippen LogP contribution is 2.52. The first-order chi connectivity index (χ1) is 11.3. The molecule has 1 aromatic rings. The second-order valence-corrected chi connectivity index (χ2v) is 6.10. The van der Waals surface area contributed by atoms with Crippen molar-refractivity contribution >= 4 is 17.5 Å². The fraction of sp³-hybridized carbons (Fsp3) is 0.294. The number of primary amides is 1. The van der Waals surface area contributed by atoms with Crippen LogP contribution in [0.4, 0.5) is 18.9 Å². The molecule has 4 nitrogen and oxygen atoms in total. The number of nitrogens with two attached hydrogens (primary N) is 1. The molecule has 1 fully saturated rings. The van der Waals surface area contributed by atoms with Gasteiger partial charge >= 0.3 is 0 Å². The van der Waals surface area contributed by atoms with Gasteiger partial charge in [-0.05, 0) is 43.4 Å². The number of carbonyl (C=O) groups excluding carboxylic acids is 2. The molecule has 2 amide bonds. The molecule has 1 atom stereocenters. The Balaban J connectivity index is 1.84. The number of hydrogen-bond acceptors (Lipinski definition) is 2. The van der Waals surface area contributed by atoms with Crippen molar-refractivity contribution in [2.75, 3.05) is 5.32 Å². The van der Waals surface area contributed by atoms with E-state index in [0.717, 1.165) is 37.1 Å². The van der Waals surface area contributed by atoms with E-state index in [9.17, 15) is 22.8 Å². The molecule has 0 heterocycles. The first-order valence-corrected chi connectivity index (χ1v) is 7.47. The van der Waals surface area contributed by atoms with Crippen molar-refractivity contribution in [1.29, 1.82) is 0 Å². The average Bonchev–Trinajstić information content (AvgIpc) is 3.36. The van der Waals surface area contributed by atoms with Gasteiger partial charge < -0.3 is 11.1 Å². The van der Waals surface area contributed by atoms with Crippen LogP contribution in [0.2, 0.25) is 0 Å². The van der Waals surface area contributed by atoms with Gasteiger partial charge in [0.05, 0.1) is 11.0 Å². The molecule has 3 N–H and O–H groups in total. The number of hydrogen-bond donors (Lipinski definition) is 2. The molecule has 1 saturated carbocycles. The number of amides is 2. The van der Waals surface area contributed by atoms with Gasteiger partial charge in [0.2, 0.25) is 5.91 Å². The maximum atomic E-state index is 14.1. The number of halogens is 3. The van der Waals surface area contributed by atoms with Gasteiger partial charge in [0.25, 0.3) is 5.91 Å². The van der Waals surface area contributed by atoms with Crippen LogP contribution in [0, 0.1) is 23.0 Å². The van der Waals surface area contributed by atoms with E-state index in [1.807, 2.05) is 0 Å². The lowest BCUT2D eigenvalue weighted by Gasteiger charge is -2.30.